The normalized spacial score (nSPS) is 12.2. The lowest BCUT2D eigenvalue weighted by atomic mass is 10.1. The standard InChI is InChI=1S/C23H23BrClN3O5/c1-5-13(2)22-27-18-7-6-15(24)10-16(18)23(30)28(22)26-11-14-8-17(25)21(19(9-14)31-3)33-12-20(29)32-4/h6-11,13H,5,12H2,1-4H3/t13-/m0/s1. The molecule has 0 unspecified atom stereocenters. The molecule has 33 heavy (non-hydrogen) atoms. The summed E-state index contributed by atoms with van der Waals surface area (Å²) in [5.74, 6) is 0.533. The third-order valence-corrected chi connectivity index (χ3v) is 5.80. The van der Waals surface area contributed by atoms with Crippen LogP contribution in [0.5, 0.6) is 11.5 Å². The molecule has 0 spiro atoms. The predicted molar refractivity (Wildman–Crippen MR) is 131 cm³/mol. The van der Waals surface area contributed by atoms with Crippen molar-refractivity contribution in [3.8, 4) is 11.5 Å². The highest BCUT2D eigenvalue weighted by Crippen LogP contribution is 2.36. The summed E-state index contributed by atoms with van der Waals surface area (Å²) in [6, 6.07) is 8.62. The lowest BCUT2D eigenvalue weighted by molar-refractivity contribution is -0.142. The molecule has 0 N–H and O–H groups in total. The molecule has 0 bridgehead atoms. The number of carbonyl (C=O) groups is 1. The van der Waals surface area contributed by atoms with Crippen LogP contribution in [0.4, 0.5) is 0 Å². The Balaban J connectivity index is 2.06. The number of hydrogen-bond donors (Lipinski definition) is 0. The molecule has 0 aliphatic carbocycles. The van der Waals surface area contributed by atoms with Crippen molar-refractivity contribution in [3.05, 3.63) is 61.6 Å². The van der Waals surface area contributed by atoms with Gasteiger partial charge in [0.05, 0.1) is 36.4 Å². The average Bonchev–Trinajstić information content (AvgIpc) is 2.81. The number of rotatable bonds is 8. The van der Waals surface area contributed by atoms with Crippen molar-refractivity contribution in [3.63, 3.8) is 0 Å². The molecule has 3 aromatic rings. The molecule has 1 atom stereocenters. The molecule has 0 aliphatic rings. The summed E-state index contributed by atoms with van der Waals surface area (Å²) in [5, 5.41) is 5.10. The number of methoxy groups -OCH3 is 2. The Morgan fingerprint density at radius 1 is 1.30 bits per heavy atom. The van der Waals surface area contributed by atoms with E-state index < -0.39 is 5.97 Å². The zero-order valence-electron chi connectivity index (χ0n) is 18.6. The maximum absolute atomic E-state index is 13.2. The quantitative estimate of drug-likeness (QED) is 0.304. The number of ether oxygens (including phenoxy) is 3. The van der Waals surface area contributed by atoms with Crippen LogP contribution >= 0.6 is 27.5 Å². The van der Waals surface area contributed by atoms with Gasteiger partial charge in [0, 0.05) is 10.4 Å². The average molecular weight is 537 g/mol. The van der Waals surface area contributed by atoms with Crippen LogP contribution in [-0.4, -0.2) is 42.7 Å². The van der Waals surface area contributed by atoms with Gasteiger partial charge in [0.1, 0.15) is 5.82 Å². The first-order valence-corrected chi connectivity index (χ1v) is 11.3. The van der Waals surface area contributed by atoms with E-state index in [-0.39, 0.29) is 28.9 Å². The molecule has 2 aromatic carbocycles. The first-order valence-electron chi connectivity index (χ1n) is 10.1. The van der Waals surface area contributed by atoms with Crippen LogP contribution in [0, 0.1) is 0 Å². The molecule has 1 heterocycles. The van der Waals surface area contributed by atoms with Crippen molar-refractivity contribution >= 4 is 50.6 Å². The number of benzene rings is 2. The summed E-state index contributed by atoms with van der Waals surface area (Å²) in [6.07, 6.45) is 2.28. The summed E-state index contributed by atoms with van der Waals surface area (Å²) in [4.78, 5) is 29.3. The highest BCUT2D eigenvalue weighted by atomic mass is 79.9. The number of halogens is 2. The van der Waals surface area contributed by atoms with Crippen molar-refractivity contribution in [2.24, 2.45) is 5.10 Å². The molecule has 0 radical (unpaired) electrons. The molecular weight excluding hydrogens is 514 g/mol. The second kappa shape index (κ2) is 10.8. The minimum atomic E-state index is -0.550. The van der Waals surface area contributed by atoms with Gasteiger partial charge in [0.15, 0.2) is 18.1 Å². The largest absolute Gasteiger partial charge is 0.493 e. The van der Waals surface area contributed by atoms with Crippen molar-refractivity contribution in [1.29, 1.82) is 0 Å². The summed E-state index contributed by atoms with van der Waals surface area (Å²) < 4.78 is 17.4. The van der Waals surface area contributed by atoms with Crippen molar-refractivity contribution in [2.75, 3.05) is 20.8 Å². The van der Waals surface area contributed by atoms with E-state index in [0.29, 0.717) is 28.0 Å². The Morgan fingerprint density at radius 3 is 2.73 bits per heavy atom. The minimum Gasteiger partial charge on any atom is -0.493 e. The summed E-state index contributed by atoms with van der Waals surface area (Å²) in [5.41, 5.74) is 0.907. The maximum Gasteiger partial charge on any atom is 0.343 e. The molecule has 0 saturated carbocycles. The Morgan fingerprint density at radius 2 is 2.06 bits per heavy atom. The smallest absolute Gasteiger partial charge is 0.343 e. The summed E-state index contributed by atoms with van der Waals surface area (Å²) in [7, 11) is 2.72. The third kappa shape index (κ3) is 5.54. The Labute approximate surface area is 204 Å². The van der Waals surface area contributed by atoms with Crippen LogP contribution in [0.3, 0.4) is 0 Å². The lowest BCUT2D eigenvalue weighted by Gasteiger charge is -2.14. The summed E-state index contributed by atoms with van der Waals surface area (Å²) in [6.45, 7) is 3.70. The number of nitrogens with zero attached hydrogens (tertiary/aromatic N) is 3. The van der Waals surface area contributed by atoms with E-state index in [1.807, 2.05) is 19.9 Å². The van der Waals surface area contributed by atoms with Crippen molar-refractivity contribution in [2.45, 2.75) is 26.2 Å². The number of aromatic nitrogens is 2. The topological polar surface area (TPSA) is 92.0 Å². The van der Waals surface area contributed by atoms with Gasteiger partial charge in [-0.3, -0.25) is 4.79 Å². The number of fused-ring (bicyclic) bond motifs is 1. The first-order chi connectivity index (χ1) is 15.8. The van der Waals surface area contributed by atoms with Gasteiger partial charge in [-0.2, -0.15) is 9.78 Å². The fraction of sp³-hybridized carbons (Fsp3) is 0.304. The van der Waals surface area contributed by atoms with Crippen molar-refractivity contribution < 1.29 is 19.0 Å². The molecule has 174 valence electrons. The van der Waals surface area contributed by atoms with Crippen LogP contribution in [0.1, 0.15) is 37.6 Å². The van der Waals surface area contributed by atoms with Gasteiger partial charge in [-0.1, -0.05) is 41.4 Å². The molecule has 0 aliphatic heterocycles. The van der Waals surface area contributed by atoms with E-state index in [1.165, 1.54) is 25.1 Å². The number of hydrogen-bond acceptors (Lipinski definition) is 7. The van der Waals surface area contributed by atoms with Crippen LogP contribution in [0.2, 0.25) is 5.02 Å². The molecule has 10 heteroatoms. The molecule has 0 saturated heterocycles. The Hall–Kier alpha value is -2.91. The fourth-order valence-electron chi connectivity index (χ4n) is 3.05. The zero-order valence-corrected chi connectivity index (χ0v) is 20.9. The molecule has 0 amide bonds. The highest BCUT2D eigenvalue weighted by Gasteiger charge is 2.17. The van der Waals surface area contributed by atoms with E-state index in [4.69, 9.17) is 21.1 Å². The predicted octanol–water partition coefficient (Wildman–Crippen LogP) is 4.77. The molecular formula is C23H23BrClN3O5. The SMILES string of the molecule is CC[C@H](C)c1nc2ccc(Br)cc2c(=O)n1N=Cc1cc(Cl)c(OCC(=O)OC)c(OC)c1. The third-order valence-electron chi connectivity index (χ3n) is 5.02. The highest BCUT2D eigenvalue weighted by molar-refractivity contribution is 9.10. The number of carbonyl (C=O) groups excluding carboxylic acids is 1. The van der Waals surface area contributed by atoms with Gasteiger partial charge in [-0.05, 0) is 42.3 Å². The second-order valence-corrected chi connectivity index (χ2v) is 8.52. The van der Waals surface area contributed by atoms with Crippen LogP contribution in [0.15, 0.2) is 44.7 Å². The van der Waals surface area contributed by atoms with Gasteiger partial charge in [-0.25, -0.2) is 9.78 Å². The second-order valence-electron chi connectivity index (χ2n) is 7.20. The van der Waals surface area contributed by atoms with Gasteiger partial charge < -0.3 is 14.2 Å². The van der Waals surface area contributed by atoms with E-state index in [9.17, 15) is 9.59 Å². The van der Waals surface area contributed by atoms with Gasteiger partial charge in [0.25, 0.3) is 5.56 Å². The minimum absolute atomic E-state index is 0.00937. The molecule has 1 aromatic heterocycles. The number of esters is 1. The maximum atomic E-state index is 13.2. The zero-order chi connectivity index (χ0) is 24.1. The molecule has 8 nitrogen and oxygen atoms in total. The Bertz CT molecular complexity index is 1280. The molecule has 0 fully saturated rings. The Kier molecular flexibility index (Phi) is 8.10. The van der Waals surface area contributed by atoms with Crippen LogP contribution in [0.25, 0.3) is 10.9 Å². The first kappa shape index (κ1) is 24.7. The van der Waals surface area contributed by atoms with Crippen LogP contribution in [-0.2, 0) is 9.53 Å². The lowest BCUT2D eigenvalue weighted by Crippen LogP contribution is -2.23. The van der Waals surface area contributed by atoms with E-state index >= 15 is 0 Å². The van der Waals surface area contributed by atoms with Gasteiger partial charge in [-0.15, -0.1) is 0 Å². The molecule has 3 rings (SSSR count). The van der Waals surface area contributed by atoms with Gasteiger partial charge >= 0.3 is 5.97 Å². The summed E-state index contributed by atoms with van der Waals surface area (Å²) >= 11 is 9.75. The van der Waals surface area contributed by atoms with E-state index in [1.54, 1.807) is 24.3 Å². The van der Waals surface area contributed by atoms with Crippen LogP contribution < -0.4 is 15.0 Å². The fourth-order valence-corrected chi connectivity index (χ4v) is 3.68. The monoisotopic (exact) mass is 535 g/mol. The van der Waals surface area contributed by atoms with Gasteiger partial charge in [0.2, 0.25) is 0 Å². The van der Waals surface area contributed by atoms with E-state index in [2.05, 4.69) is 30.8 Å². The van der Waals surface area contributed by atoms with E-state index in [0.717, 1.165) is 10.9 Å². The van der Waals surface area contributed by atoms with Crippen molar-refractivity contribution in [1.82, 2.24) is 9.66 Å².